The van der Waals surface area contributed by atoms with Crippen molar-refractivity contribution >= 4 is 11.6 Å². The van der Waals surface area contributed by atoms with E-state index in [1.165, 1.54) is 6.92 Å². The highest BCUT2D eigenvalue weighted by atomic mass is 16.1. The van der Waals surface area contributed by atoms with Crippen LogP contribution in [0, 0.1) is 6.92 Å². The molecule has 2 rings (SSSR count). The number of nitrogens with one attached hydrogen (secondary N) is 1. The van der Waals surface area contributed by atoms with Gasteiger partial charge in [0.1, 0.15) is 5.82 Å². The summed E-state index contributed by atoms with van der Waals surface area (Å²) in [5.74, 6) is 0.792. The second-order valence-electron chi connectivity index (χ2n) is 4.82. The Morgan fingerprint density at radius 1 is 1.25 bits per heavy atom. The van der Waals surface area contributed by atoms with Gasteiger partial charge in [-0.3, -0.25) is 4.79 Å². The lowest BCUT2D eigenvalue weighted by Crippen LogP contribution is -2.05. The van der Waals surface area contributed by atoms with Gasteiger partial charge in [0.25, 0.3) is 0 Å². The number of rotatable bonds is 4. The maximum Gasteiger partial charge on any atom is 0.221 e. The molecule has 20 heavy (non-hydrogen) atoms. The summed E-state index contributed by atoms with van der Waals surface area (Å²) < 4.78 is 0. The molecule has 1 amide bonds. The molecule has 0 aliphatic heterocycles. The van der Waals surface area contributed by atoms with Crippen LogP contribution in [0.1, 0.15) is 31.8 Å². The highest BCUT2D eigenvalue weighted by molar-refractivity contribution is 5.89. The summed E-state index contributed by atoms with van der Waals surface area (Å²) in [6, 6.07) is 9.66. The molecule has 4 nitrogen and oxygen atoms in total. The number of amides is 1. The zero-order valence-corrected chi connectivity index (χ0v) is 12.1. The Labute approximate surface area is 119 Å². The van der Waals surface area contributed by atoms with Gasteiger partial charge in [0.2, 0.25) is 5.91 Å². The van der Waals surface area contributed by atoms with Gasteiger partial charge in [-0.1, -0.05) is 19.1 Å². The molecule has 2 aromatic rings. The van der Waals surface area contributed by atoms with Crippen LogP contribution in [-0.4, -0.2) is 15.9 Å². The van der Waals surface area contributed by atoms with Gasteiger partial charge in [0.05, 0.1) is 5.69 Å². The monoisotopic (exact) mass is 269 g/mol. The van der Waals surface area contributed by atoms with Crippen molar-refractivity contribution in [3.05, 3.63) is 41.9 Å². The third kappa shape index (κ3) is 3.63. The third-order valence-electron chi connectivity index (χ3n) is 2.85. The lowest BCUT2D eigenvalue weighted by Gasteiger charge is -2.08. The highest BCUT2D eigenvalue weighted by Crippen LogP contribution is 2.22. The summed E-state index contributed by atoms with van der Waals surface area (Å²) in [4.78, 5) is 20.1. The second kappa shape index (κ2) is 6.28. The second-order valence-corrected chi connectivity index (χ2v) is 4.82. The quantitative estimate of drug-likeness (QED) is 0.926. The fourth-order valence-electron chi connectivity index (χ4n) is 2.07. The van der Waals surface area contributed by atoms with E-state index in [4.69, 9.17) is 0 Å². The highest BCUT2D eigenvalue weighted by Gasteiger charge is 2.05. The first-order chi connectivity index (χ1) is 9.58. The molecule has 1 aromatic heterocycles. The predicted molar refractivity (Wildman–Crippen MR) is 80.5 cm³/mol. The Hall–Kier alpha value is -2.23. The lowest BCUT2D eigenvalue weighted by molar-refractivity contribution is -0.114. The lowest BCUT2D eigenvalue weighted by atomic mass is 10.1. The first-order valence-corrected chi connectivity index (χ1v) is 6.81. The Balaban J connectivity index is 2.37. The van der Waals surface area contributed by atoms with Crippen LogP contribution in [0.25, 0.3) is 11.3 Å². The first-order valence-electron chi connectivity index (χ1n) is 6.81. The van der Waals surface area contributed by atoms with Crippen molar-refractivity contribution in [2.24, 2.45) is 0 Å². The van der Waals surface area contributed by atoms with E-state index in [1.807, 2.05) is 37.3 Å². The Bertz CT molecular complexity index is 623. The molecule has 0 radical (unpaired) electrons. The Morgan fingerprint density at radius 3 is 2.75 bits per heavy atom. The molecule has 1 aromatic carbocycles. The first kappa shape index (κ1) is 14.2. The van der Waals surface area contributed by atoms with Gasteiger partial charge >= 0.3 is 0 Å². The minimum absolute atomic E-state index is 0.0762. The molecular formula is C16H19N3O. The largest absolute Gasteiger partial charge is 0.326 e. The number of aryl methyl sites for hydroxylation is 2. The number of carbonyl (C=O) groups excluding carboxylic acids is 1. The molecule has 1 N–H and O–H groups in total. The van der Waals surface area contributed by atoms with Crippen LogP contribution in [0.5, 0.6) is 0 Å². The van der Waals surface area contributed by atoms with E-state index in [9.17, 15) is 4.79 Å². The van der Waals surface area contributed by atoms with Crippen LogP contribution < -0.4 is 5.32 Å². The number of benzene rings is 1. The van der Waals surface area contributed by atoms with Crippen LogP contribution in [0.3, 0.4) is 0 Å². The molecule has 0 bridgehead atoms. The minimum atomic E-state index is -0.0762. The van der Waals surface area contributed by atoms with Gasteiger partial charge in [-0.05, 0) is 31.5 Å². The summed E-state index contributed by atoms with van der Waals surface area (Å²) in [6.45, 7) is 5.59. The number of nitrogens with zero attached hydrogens (tertiary/aromatic N) is 2. The molecule has 0 spiro atoms. The average Bonchev–Trinajstić information content (AvgIpc) is 2.38. The fraction of sp³-hybridized carbons (Fsp3) is 0.312. The van der Waals surface area contributed by atoms with Crippen LogP contribution in [0.4, 0.5) is 5.69 Å². The van der Waals surface area contributed by atoms with Gasteiger partial charge in [-0.25, -0.2) is 9.97 Å². The minimum Gasteiger partial charge on any atom is -0.326 e. The fourth-order valence-corrected chi connectivity index (χ4v) is 2.07. The zero-order chi connectivity index (χ0) is 14.5. The van der Waals surface area contributed by atoms with Crippen molar-refractivity contribution in [1.29, 1.82) is 0 Å². The van der Waals surface area contributed by atoms with Gasteiger partial charge in [0, 0.05) is 30.3 Å². The number of aromatic nitrogens is 2. The molecule has 0 aliphatic rings. The third-order valence-corrected chi connectivity index (χ3v) is 2.85. The normalized spacial score (nSPS) is 10.3. The van der Waals surface area contributed by atoms with Crippen LogP contribution >= 0.6 is 0 Å². The van der Waals surface area contributed by atoms with E-state index in [2.05, 4.69) is 22.2 Å². The van der Waals surface area contributed by atoms with Crippen molar-refractivity contribution < 1.29 is 4.79 Å². The number of hydrogen-bond donors (Lipinski definition) is 1. The summed E-state index contributed by atoms with van der Waals surface area (Å²) in [5.41, 5.74) is 3.62. The average molecular weight is 269 g/mol. The molecule has 0 aliphatic carbocycles. The molecule has 0 saturated carbocycles. The molecule has 0 atom stereocenters. The van der Waals surface area contributed by atoms with E-state index in [0.29, 0.717) is 0 Å². The standard InChI is InChI=1S/C16H19N3O/c1-4-6-16-17-11(2)9-15(19-16)13-7-5-8-14(10-13)18-12(3)20/h5,7-10H,4,6H2,1-3H3,(H,18,20). The van der Waals surface area contributed by atoms with Crippen molar-refractivity contribution in [2.75, 3.05) is 5.32 Å². The maximum atomic E-state index is 11.1. The van der Waals surface area contributed by atoms with Crippen LogP contribution in [0.15, 0.2) is 30.3 Å². The van der Waals surface area contributed by atoms with Gasteiger partial charge < -0.3 is 5.32 Å². The van der Waals surface area contributed by atoms with Gasteiger partial charge in [-0.2, -0.15) is 0 Å². The summed E-state index contributed by atoms with van der Waals surface area (Å²) in [6.07, 6.45) is 1.90. The SMILES string of the molecule is CCCc1nc(C)cc(-c2cccc(NC(C)=O)c2)n1. The molecule has 104 valence electrons. The molecule has 1 heterocycles. The van der Waals surface area contributed by atoms with Crippen molar-refractivity contribution in [3.63, 3.8) is 0 Å². The molecular weight excluding hydrogens is 250 g/mol. The van der Waals surface area contributed by atoms with Gasteiger partial charge in [-0.15, -0.1) is 0 Å². The Morgan fingerprint density at radius 2 is 2.05 bits per heavy atom. The number of carbonyl (C=O) groups is 1. The molecule has 0 saturated heterocycles. The zero-order valence-electron chi connectivity index (χ0n) is 12.1. The van der Waals surface area contributed by atoms with E-state index in [-0.39, 0.29) is 5.91 Å². The van der Waals surface area contributed by atoms with Crippen molar-refractivity contribution in [3.8, 4) is 11.3 Å². The van der Waals surface area contributed by atoms with Crippen LogP contribution in [0.2, 0.25) is 0 Å². The van der Waals surface area contributed by atoms with E-state index < -0.39 is 0 Å². The van der Waals surface area contributed by atoms with Gasteiger partial charge in [0.15, 0.2) is 0 Å². The molecule has 0 fully saturated rings. The number of anilines is 1. The molecule has 4 heteroatoms. The van der Waals surface area contributed by atoms with E-state index >= 15 is 0 Å². The van der Waals surface area contributed by atoms with Crippen LogP contribution in [-0.2, 0) is 11.2 Å². The number of hydrogen-bond acceptors (Lipinski definition) is 3. The maximum absolute atomic E-state index is 11.1. The van der Waals surface area contributed by atoms with E-state index in [0.717, 1.165) is 41.3 Å². The Kier molecular flexibility index (Phi) is 4.45. The smallest absolute Gasteiger partial charge is 0.221 e. The van der Waals surface area contributed by atoms with Crippen molar-refractivity contribution in [1.82, 2.24) is 9.97 Å². The topological polar surface area (TPSA) is 54.9 Å². The molecule has 0 unspecified atom stereocenters. The summed E-state index contributed by atoms with van der Waals surface area (Å²) in [7, 11) is 0. The van der Waals surface area contributed by atoms with E-state index in [1.54, 1.807) is 0 Å². The van der Waals surface area contributed by atoms with Crippen molar-refractivity contribution in [2.45, 2.75) is 33.6 Å². The summed E-state index contributed by atoms with van der Waals surface area (Å²) in [5, 5.41) is 2.79. The summed E-state index contributed by atoms with van der Waals surface area (Å²) >= 11 is 0. The predicted octanol–water partition coefficient (Wildman–Crippen LogP) is 3.36.